The monoisotopic (exact) mass is 355 g/mol. The molecule has 0 aliphatic carbocycles. The van der Waals surface area contributed by atoms with Crippen molar-refractivity contribution in [1.82, 2.24) is 15.3 Å². The van der Waals surface area contributed by atoms with E-state index in [1.54, 1.807) is 0 Å². The molecule has 0 aliphatic rings. The van der Waals surface area contributed by atoms with Crippen LogP contribution in [0.1, 0.15) is 30.8 Å². The maximum atomic E-state index is 12.4. The van der Waals surface area contributed by atoms with Crippen LogP contribution in [0.4, 0.5) is 0 Å². The van der Waals surface area contributed by atoms with E-state index in [1.165, 1.54) is 11.3 Å². The number of hydrogen-bond donors (Lipinski definition) is 2. The fourth-order valence-corrected chi connectivity index (χ4v) is 3.71. The standard InChI is InChI=1S/C19H21N3O2S/c1-12(2)8-14-11-25-19-17(14)18(24)21-15(22-19)9-16(23)20-10-13-6-4-3-5-7-13/h3-7,11-12H,8-10H2,1-2H3,(H,20,23)(H,21,22,24). The minimum atomic E-state index is -0.162. The number of aromatic nitrogens is 2. The van der Waals surface area contributed by atoms with E-state index in [2.05, 4.69) is 29.1 Å². The Labute approximate surface area is 150 Å². The summed E-state index contributed by atoms with van der Waals surface area (Å²) in [6, 6.07) is 9.70. The van der Waals surface area contributed by atoms with Crippen molar-refractivity contribution in [1.29, 1.82) is 0 Å². The summed E-state index contributed by atoms with van der Waals surface area (Å²) in [4.78, 5) is 32.4. The van der Waals surface area contributed by atoms with Crippen molar-refractivity contribution >= 4 is 27.5 Å². The van der Waals surface area contributed by atoms with Gasteiger partial charge in [-0.3, -0.25) is 9.59 Å². The van der Waals surface area contributed by atoms with E-state index in [0.717, 1.165) is 17.5 Å². The molecule has 0 atom stereocenters. The lowest BCUT2D eigenvalue weighted by Gasteiger charge is -2.06. The Morgan fingerprint density at radius 1 is 1.28 bits per heavy atom. The van der Waals surface area contributed by atoms with Crippen LogP contribution in [-0.2, 0) is 24.2 Å². The molecule has 5 nitrogen and oxygen atoms in total. The van der Waals surface area contributed by atoms with Gasteiger partial charge in [0.2, 0.25) is 5.91 Å². The lowest BCUT2D eigenvalue weighted by molar-refractivity contribution is -0.120. The second-order valence-electron chi connectivity index (χ2n) is 6.49. The molecule has 1 amide bonds. The Bertz CT molecular complexity index is 929. The van der Waals surface area contributed by atoms with Gasteiger partial charge < -0.3 is 10.3 Å². The summed E-state index contributed by atoms with van der Waals surface area (Å²) >= 11 is 1.46. The molecule has 0 bridgehead atoms. The molecule has 3 rings (SSSR count). The van der Waals surface area contributed by atoms with Crippen molar-refractivity contribution in [3.63, 3.8) is 0 Å². The van der Waals surface area contributed by atoms with Gasteiger partial charge in [-0.25, -0.2) is 4.98 Å². The highest BCUT2D eigenvalue weighted by Crippen LogP contribution is 2.23. The number of benzene rings is 1. The smallest absolute Gasteiger partial charge is 0.259 e. The summed E-state index contributed by atoms with van der Waals surface area (Å²) in [5.41, 5.74) is 1.90. The van der Waals surface area contributed by atoms with Gasteiger partial charge in [0.1, 0.15) is 10.7 Å². The Kier molecular flexibility index (Phi) is 5.28. The maximum Gasteiger partial charge on any atom is 0.259 e. The molecule has 0 saturated heterocycles. The largest absolute Gasteiger partial charge is 0.352 e. The zero-order valence-electron chi connectivity index (χ0n) is 14.3. The molecule has 2 heterocycles. The second-order valence-corrected chi connectivity index (χ2v) is 7.35. The van der Waals surface area contributed by atoms with Gasteiger partial charge in [-0.05, 0) is 28.8 Å². The molecular weight excluding hydrogens is 334 g/mol. The van der Waals surface area contributed by atoms with Crippen molar-refractivity contribution < 1.29 is 4.79 Å². The number of H-pyrrole nitrogens is 1. The van der Waals surface area contributed by atoms with E-state index in [4.69, 9.17) is 0 Å². The van der Waals surface area contributed by atoms with Gasteiger partial charge in [0.05, 0.1) is 11.8 Å². The third kappa shape index (κ3) is 4.33. The van der Waals surface area contributed by atoms with Crippen LogP contribution >= 0.6 is 11.3 Å². The number of nitrogens with zero attached hydrogens (tertiary/aromatic N) is 1. The highest BCUT2D eigenvalue weighted by molar-refractivity contribution is 7.16. The highest BCUT2D eigenvalue weighted by Gasteiger charge is 2.14. The van der Waals surface area contributed by atoms with Gasteiger partial charge in [-0.15, -0.1) is 11.3 Å². The van der Waals surface area contributed by atoms with E-state index in [9.17, 15) is 9.59 Å². The predicted molar refractivity (Wildman–Crippen MR) is 101 cm³/mol. The van der Waals surface area contributed by atoms with Crippen LogP contribution in [0.15, 0.2) is 40.5 Å². The molecule has 2 aromatic heterocycles. The van der Waals surface area contributed by atoms with Crippen molar-refractivity contribution in [2.24, 2.45) is 5.92 Å². The first-order valence-corrected chi connectivity index (χ1v) is 9.21. The van der Waals surface area contributed by atoms with Gasteiger partial charge in [-0.1, -0.05) is 44.2 Å². The van der Waals surface area contributed by atoms with E-state index in [0.29, 0.717) is 28.5 Å². The van der Waals surface area contributed by atoms with E-state index < -0.39 is 0 Å². The molecule has 0 fully saturated rings. The van der Waals surface area contributed by atoms with Crippen LogP contribution in [0.3, 0.4) is 0 Å². The number of amides is 1. The minimum absolute atomic E-state index is 0.0649. The van der Waals surface area contributed by atoms with E-state index in [-0.39, 0.29) is 17.9 Å². The van der Waals surface area contributed by atoms with Crippen molar-refractivity contribution in [3.8, 4) is 0 Å². The van der Waals surface area contributed by atoms with Crippen LogP contribution in [0, 0.1) is 5.92 Å². The lowest BCUT2D eigenvalue weighted by Crippen LogP contribution is -2.26. The van der Waals surface area contributed by atoms with Crippen molar-refractivity contribution in [3.05, 3.63) is 63.0 Å². The van der Waals surface area contributed by atoms with Gasteiger partial charge in [0.15, 0.2) is 0 Å². The first-order chi connectivity index (χ1) is 12.0. The first kappa shape index (κ1) is 17.4. The molecule has 2 N–H and O–H groups in total. The van der Waals surface area contributed by atoms with Crippen molar-refractivity contribution in [2.75, 3.05) is 0 Å². The molecular formula is C19H21N3O2S. The fraction of sp³-hybridized carbons (Fsp3) is 0.316. The van der Waals surface area contributed by atoms with Crippen LogP contribution in [0.5, 0.6) is 0 Å². The first-order valence-electron chi connectivity index (χ1n) is 8.33. The summed E-state index contributed by atoms with van der Waals surface area (Å²) in [7, 11) is 0. The molecule has 6 heteroatoms. The average molecular weight is 355 g/mol. The maximum absolute atomic E-state index is 12.4. The molecule has 0 aliphatic heterocycles. The zero-order valence-corrected chi connectivity index (χ0v) is 15.2. The van der Waals surface area contributed by atoms with Crippen molar-refractivity contribution in [2.45, 2.75) is 33.2 Å². The number of rotatable bonds is 6. The quantitative estimate of drug-likeness (QED) is 0.714. The number of carbonyl (C=O) groups excluding carboxylic acids is 1. The molecule has 0 spiro atoms. The third-order valence-electron chi connectivity index (χ3n) is 3.86. The third-order valence-corrected chi connectivity index (χ3v) is 4.78. The molecule has 25 heavy (non-hydrogen) atoms. The summed E-state index contributed by atoms with van der Waals surface area (Å²) in [6.45, 7) is 4.71. The molecule has 0 radical (unpaired) electrons. The van der Waals surface area contributed by atoms with Gasteiger partial charge in [-0.2, -0.15) is 0 Å². The van der Waals surface area contributed by atoms with Gasteiger partial charge >= 0.3 is 0 Å². The predicted octanol–water partition coefficient (Wildman–Crippen LogP) is 3.04. The normalized spacial score (nSPS) is 11.2. The van der Waals surface area contributed by atoms with E-state index >= 15 is 0 Å². The van der Waals surface area contributed by atoms with Crippen LogP contribution in [0.2, 0.25) is 0 Å². The average Bonchev–Trinajstić information content (AvgIpc) is 2.96. The summed E-state index contributed by atoms with van der Waals surface area (Å²) in [5, 5.41) is 5.50. The number of carbonyl (C=O) groups is 1. The fourth-order valence-electron chi connectivity index (χ4n) is 2.74. The Morgan fingerprint density at radius 3 is 2.76 bits per heavy atom. The minimum Gasteiger partial charge on any atom is -0.352 e. The second kappa shape index (κ2) is 7.61. The summed E-state index contributed by atoms with van der Waals surface area (Å²) < 4.78 is 0. The van der Waals surface area contributed by atoms with Crippen LogP contribution in [0.25, 0.3) is 10.2 Å². The van der Waals surface area contributed by atoms with E-state index in [1.807, 2.05) is 35.7 Å². The SMILES string of the molecule is CC(C)Cc1csc2nc(CC(=O)NCc3ccccc3)[nH]c(=O)c12. The van der Waals surface area contributed by atoms with Crippen LogP contribution in [-0.4, -0.2) is 15.9 Å². The number of nitrogens with one attached hydrogen (secondary N) is 2. The lowest BCUT2D eigenvalue weighted by atomic mass is 10.0. The molecule has 0 unspecified atom stereocenters. The summed E-state index contributed by atoms with van der Waals surface area (Å²) in [6.07, 6.45) is 0.914. The Balaban J connectivity index is 1.71. The molecule has 130 valence electrons. The Morgan fingerprint density at radius 2 is 2.04 bits per heavy atom. The topological polar surface area (TPSA) is 74.8 Å². The molecule has 1 aromatic carbocycles. The number of hydrogen-bond acceptors (Lipinski definition) is 4. The molecule has 0 saturated carbocycles. The number of fused-ring (bicyclic) bond motifs is 1. The Hall–Kier alpha value is -2.47. The zero-order chi connectivity index (χ0) is 17.8. The highest BCUT2D eigenvalue weighted by atomic mass is 32.1. The number of thiophene rings is 1. The van der Waals surface area contributed by atoms with Crippen LogP contribution < -0.4 is 10.9 Å². The number of aromatic amines is 1. The molecule has 3 aromatic rings. The summed E-state index contributed by atoms with van der Waals surface area (Å²) in [5.74, 6) is 0.715. The van der Waals surface area contributed by atoms with Gasteiger partial charge in [0, 0.05) is 6.54 Å². The van der Waals surface area contributed by atoms with Gasteiger partial charge in [0.25, 0.3) is 5.56 Å².